The van der Waals surface area contributed by atoms with Gasteiger partial charge in [0.2, 0.25) is 0 Å². The van der Waals surface area contributed by atoms with Crippen LogP contribution in [0.2, 0.25) is 0 Å². The molecule has 0 saturated carbocycles. The van der Waals surface area contributed by atoms with E-state index in [9.17, 15) is 0 Å². The lowest BCUT2D eigenvalue weighted by Crippen LogP contribution is -2.39. The first-order valence-electron chi connectivity index (χ1n) is 9.47. The van der Waals surface area contributed by atoms with Crippen LogP contribution in [0.15, 0.2) is 18.2 Å². The van der Waals surface area contributed by atoms with E-state index < -0.39 is 0 Å². The smallest absolute Gasteiger partial charge is 0.163 e. The average Bonchev–Trinajstić information content (AvgIpc) is 3.13. The van der Waals surface area contributed by atoms with Gasteiger partial charge in [0.15, 0.2) is 17.3 Å². The van der Waals surface area contributed by atoms with Crippen molar-refractivity contribution in [2.45, 2.75) is 32.7 Å². The van der Waals surface area contributed by atoms with Crippen molar-refractivity contribution in [3.05, 3.63) is 29.8 Å². The molecule has 0 radical (unpaired) electrons. The van der Waals surface area contributed by atoms with E-state index in [1.165, 1.54) is 0 Å². The summed E-state index contributed by atoms with van der Waals surface area (Å²) < 4.78 is 18.9. The summed E-state index contributed by atoms with van der Waals surface area (Å²) in [6.45, 7) is 8.85. The van der Waals surface area contributed by atoms with E-state index >= 15 is 0 Å². The lowest BCUT2D eigenvalue weighted by Gasteiger charge is -2.33. The van der Waals surface area contributed by atoms with Crippen LogP contribution in [0.3, 0.4) is 0 Å². The number of benzene rings is 1. The summed E-state index contributed by atoms with van der Waals surface area (Å²) in [5.74, 6) is 3.41. The van der Waals surface area contributed by atoms with E-state index in [2.05, 4.69) is 18.7 Å². The summed E-state index contributed by atoms with van der Waals surface area (Å²) in [5.41, 5.74) is 0.961. The predicted molar refractivity (Wildman–Crippen MR) is 97.2 cm³/mol. The summed E-state index contributed by atoms with van der Waals surface area (Å²) >= 11 is 0. The van der Waals surface area contributed by atoms with Gasteiger partial charge in [-0.3, -0.25) is 4.90 Å². The zero-order valence-electron chi connectivity index (χ0n) is 15.5. The molecule has 1 saturated heterocycles. The van der Waals surface area contributed by atoms with Crippen LogP contribution in [0.5, 0.6) is 11.5 Å². The van der Waals surface area contributed by atoms with Crippen molar-refractivity contribution in [3.63, 3.8) is 0 Å². The Balaban J connectivity index is 1.72. The van der Waals surface area contributed by atoms with Gasteiger partial charge in [-0.2, -0.15) is 5.10 Å². The van der Waals surface area contributed by atoms with Crippen molar-refractivity contribution in [3.8, 4) is 17.2 Å². The standard InChI is InChI=1S/C19H26N4O3/c1-3-15(22-7-9-24-10-8-22)19-20-18(4-2)21-23(19)14-5-6-16-17(13-14)26-12-11-25-16/h5-6,13,15H,3-4,7-12H2,1-2H3/t15-/m0/s1. The highest BCUT2D eigenvalue weighted by Crippen LogP contribution is 2.33. The van der Waals surface area contributed by atoms with Gasteiger partial charge in [-0.1, -0.05) is 13.8 Å². The molecule has 0 aliphatic carbocycles. The molecule has 3 heterocycles. The van der Waals surface area contributed by atoms with Gasteiger partial charge in [-0.05, 0) is 18.6 Å². The molecule has 1 atom stereocenters. The molecule has 1 fully saturated rings. The SMILES string of the molecule is CCc1nc([C@H](CC)N2CCOCC2)n(-c2ccc3c(c2)OCCO3)n1. The third-order valence-corrected chi connectivity index (χ3v) is 4.93. The molecule has 0 unspecified atom stereocenters. The van der Waals surface area contributed by atoms with Crippen LogP contribution in [-0.2, 0) is 11.2 Å². The van der Waals surface area contributed by atoms with Crippen molar-refractivity contribution in [1.29, 1.82) is 0 Å². The van der Waals surface area contributed by atoms with Crippen molar-refractivity contribution in [2.75, 3.05) is 39.5 Å². The number of hydrogen-bond donors (Lipinski definition) is 0. The van der Waals surface area contributed by atoms with Crippen LogP contribution >= 0.6 is 0 Å². The second kappa shape index (κ2) is 7.63. The molecule has 1 aromatic heterocycles. The Bertz CT molecular complexity index is 755. The second-order valence-corrected chi connectivity index (χ2v) is 6.55. The van der Waals surface area contributed by atoms with Gasteiger partial charge < -0.3 is 14.2 Å². The fourth-order valence-electron chi connectivity index (χ4n) is 3.58. The number of ether oxygens (including phenoxy) is 3. The maximum absolute atomic E-state index is 5.75. The molecule has 0 spiro atoms. The molecule has 140 valence electrons. The van der Waals surface area contributed by atoms with Gasteiger partial charge in [0.05, 0.1) is 24.9 Å². The molecule has 2 aromatic rings. The van der Waals surface area contributed by atoms with E-state index in [-0.39, 0.29) is 6.04 Å². The number of aryl methyl sites for hydroxylation is 1. The summed E-state index contributed by atoms with van der Waals surface area (Å²) in [6, 6.07) is 6.20. The van der Waals surface area contributed by atoms with Crippen LogP contribution in [0, 0.1) is 0 Å². The molecular formula is C19H26N4O3. The molecule has 7 heteroatoms. The summed E-state index contributed by atoms with van der Waals surface area (Å²) in [4.78, 5) is 7.31. The maximum Gasteiger partial charge on any atom is 0.163 e. The van der Waals surface area contributed by atoms with Crippen LogP contribution < -0.4 is 9.47 Å². The Morgan fingerprint density at radius 1 is 1.04 bits per heavy atom. The van der Waals surface area contributed by atoms with E-state index in [0.717, 1.165) is 68.0 Å². The largest absolute Gasteiger partial charge is 0.486 e. The number of hydrogen-bond acceptors (Lipinski definition) is 6. The van der Waals surface area contributed by atoms with Crippen molar-refractivity contribution in [2.24, 2.45) is 0 Å². The Morgan fingerprint density at radius 3 is 2.54 bits per heavy atom. The van der Waals surface area contributed by atoms with Crippen LogP contribution in [0.25, 0.3) is 5.69 Å². The molecule has 7 nitrogen and oxygen atoms in total. The normalized spacial score (nSPS) is 18.7. The fraction of sp³-hybridized carbons (Fsp3) is 0.579. The Hall–Kier alpha value is -2.12. The number of aromatic nitrogens is 3. The number of rotatable bonds is 5. The Kier molecular flexibility index (Phi) is 5.08. The van der Waals surface area contributed by atoms with Crippen LogP contribution in [0.1, 0.15) is 38.0 Å². The number of fused-ring (bicyclic) bond motifs is 1. The van der Waals surface area contributed by atoms with E-state index in [1.54, 1.807) is 0 Å². The fourth-order valence-corrected chi connectivity index (χ4v) is 3.58. The zero-order valence-corrected chi connectivity index (χ0v) is 15.5. The Morgan fingerprint density at radius 2 is 1.81 bits per heavy atom. The minimum absolute atomic E-state index is 0.222. The molecule has 0 bridgehead atoms. The van der Waals surface area contributed by atoms with Gasteiger partial charge in [-0.15, -0.1) is 0 Å². The van der Waals surface area contributed by atoms with E-state index in [4.69, 9.17) is 24.3 Å². The predicted octanol–water partition coefficient (Wildman–Crippen LogP) is 2.38. The van der Waals surface area contributed by atoms with Crippen LogP contribution in [0.4, 0.5) is 0 Å². The number of nitrogens with zero attached hydrogens (tertiary/aromatic N) is 4. The molecule has 0 amide bonds. The first kappa shape index (κ1) is 17.3. The molecule has 0 N–H and O–H groups in total. The lowest BCUT2D eigenvalue weighted by molar-refractivity contribution is 0.0129. The molecule has 2 aliphatic heterocycles. The van der Waals surface area contributed by atoms with E-state index in [0.29, 0.717) is 13.2 Å². The average molecular weight is 358 g/mol. The molecule has 4 rings (SSSR count). The first-order valence-corrected chi connectivity index (χ1v) is 9.47. The van der Waals surface area contributed by atoms with Gasteiger partial charge >= 0.3 is 0 Å². The Labute approximate surface area is 153 Å². The monoisotopic (exact) mass is 358 g/mol. The number of morpholine rings is 1. The van der Waals surface area contributed by atoms with E-state index in [1.807, 2.05) is 22.9 Å². The minimum Gasteiger partial charge on any atom is -0.486 e. The van der Waals surface area contributed by atoms with Gasteiger partial charge in [-0.25, -0.2) is 9.67 Å². The van der Waals surface area contributed by atoms with Gasteiger partial charge in [0.25, 0.3) is 0 Å². The quantitative estimate of drug-likeness (QED) is 0.818. The summed E-state index contributed by atoms with van der Waals surface area (Å²) in [7, 11) is 0. The highest BCUT2D eigenvalue weighted by Gasteiger charge is 2.27. The maximum atomic E-state index is 5.75. The van der Waals surface area contributed by atoms with Gasteiger partial charge in [0, 0.05) is 25.6 Å². The third kappa shape index (κ3) is 3.29. The van der Waals surface area contributed by atoms with Crippen LogP contribution in [-0.4, -0.2) is 59.2 Å². The summed E-state index contributed by atoms with van der Waals surface area (Å²) in [6.07, 6.45) is 1.79. The minimum atomic E-state index is 0.222. The summed E-state index contributed by atoms with van der Waals surface area (Å²) in [5, 5.41) is 4.76. The molecule has 1 aromatic carbocycles. The van der Waals surface area contributed by atoms with Gasteiger partial charge in [0.1, 0.15) is 19.0 Å². The zero-order chi connectivity index (χ0) is 17.9. The topological polar surface area (TPSA) is 61.6 Å². The van der Waals surface area contributed by atoms with Crippen molar-refractivity contribution >= 4 is 0 Å². The molecule has 2 aliphatic rings. The van der Waals surface area contributed by atoms with Crippen molar-refractivity contribution in [1.82, 2.24) is 19.7 Å². The molecule has 26 heavy (non-hydrogen) atoms. The van der Waals surface area contributed by atoms with Crippen molar-refractivity contribution < 1.29 is 14.2 Å². The highest BCUT2D eigenvalue weighted by molar-refractivity contribution is 5.49. The highest BCUT2D eigenvalue weighted by atomic mass is 16.6. The molecular weight excluding hydrogens is 332 g/mol. The third-order valence-electron chi connectivity index (χ3n) is 4.93. The lowest BCUT2D eigenvalue weighted by atomic mass is 10.1. The first-order chi connectivity index (χ1) is 12.8. The second-order valence-electron chi connectivity index (χ2n) is 6.55.